The Labute approximate surface area is 159 Å². The van der Waals surface area contributed by atoms with E-state index in [0.29, 0.717) is 0 Å². The van der Waals surface area contributed by atoms with Crippen LogP contribution in [0.2, 0.25) is 0 Å². The topological polar surface area (TPSA) is 20.5 Å². The molecule has 0 saturated heterocycles. The maximum Gasteiger partial charge on any atom is 0.364 e. The predicted molar refractivity (Wildman–Crippen MR) is 111 cm³/mol. The van der Waals surface area contributed by atoms with Crippen molar-refractivity contribution in [1.82, 2.24) is 0 Å². The average Bonchev–Trinajstić information content (AvgIpc) is 2.75. The molecule has 4 rings (SSSR count). The van der Waals surface area contributed by atoms with Gasteiger partial charge in [0.15, 0.2) is 0 Å². The average molecular weight is 353 g/mol. The monoisotopic (exact) mass is 353 g/mol. The fraction of sp³-hybridized carbons (Fsp3) is 0.0800. The van der Waals surface area contributed by atoms with E-state index >= 15 is 0 Å². The Bertz CT molecular complexity index is 976. The highest BCUT2D eigenvalue weighted by Gasteiger charge is 2.24. The van der Waals surface area contributed by atoms with E-state index in [0.717, 1.165) is 34.0 Å². The van der Waals surface area contributed by atoms with Crippen molar-refractivity contribution >= 4 is 0 Å². The van der Waals surface area contributed by atoms with Crippen molar-refractivity contribution in [2.24, 2.45) is 0 Å². The molecule has 0 bridgehead atoms. The highest BCUT2D eigenvalue weighted by Crippen LogP contribution is 2.37. The van der Waals surface area contributed by atoms with Gasteiger partial charge in [-0.15, -0.1) is 0 Å². The lowest BCUT2D eigenvalue weighted by atomic mass is 9.96. The Hall–Kier alpha value is -3.39. The molecule has 0 atom stereocenters. The third-order valence-corrected chi connectivity index (χ3v) is 4.73. The van der Waals surface area contributed by atoms with Gasteiger partial charge >= 0.3 is 11.5 Å². The lowest BCUT2D eigenvalue weighted by molar-refractivity contribution is 0.415. The van der Waals surface area contributed by atoms with Crippen LogP contribution in [-0.4, -0.2) is 7.11 Å². The van der Waals surface area contributed by atoms with Crippen LogP contribution in [0, 0.1) is 6.92 Å². The number of methoxy groups -OCH3 is 1. The van der Waals surface area contributed by atoms with Crippen LogP contribution in [-0.2, 0) is 0 Å². The Balaban J connectivity index is 1.93. The zero-order valence-corrected chi connectivity index (χ0v) is 15.5. The van der Waals surface area contributed by atoms with Crippen LogP contribution >= 0.6 is 0 Å². The third-order valence-electron chi connectivity index (χ3n) is 4.73. The zero-order valence-electron chi connectivity index (χ0n) is 15.5. The molecule has 4 aromatic rings. The fourth-order valence-electron chi connectivity index (χ4n) is 3.26. The molecule has 2 nitrogen and oxygen atoms in total. The summed E-state index contributed by atoms with van der Waals surface area (Å²) < 4.78 is 11.7. The van der Waals surface area contributed by atoms with E-state index in [1.807, 2.05) is 48.5 Å². The molecule has 0 aliphatic rings. The van der Waals surface area contributed by atoms with Crippen molar-refractivity contribution in [3.8, 4) is 39.5 Å². The van der Waals surface area contributed by atoms with Crippen LogP contribution in [0.25, 0.3) is 33.8 Å². The number of ether oxygens (including phenoxy) is 1. The van der Waals surface area contributed by atoms with Gasteiger partial charge in [-0.05, 0) is 48.9 Å². The first-order chi connectivity index (χ1) is 13.3. The Morgan fingerprint density at radius 2 is 1.26 bits per heavy atom. The van der Waals surface area contributed by atoms with Crippen LogP contribution in [0.3, 0.4) is 0 Å². The molecule has 0 fully saturated rings. The standard InChI is InChI=1S/C25H21O2/c1-18-23(19-9-5-3-6-10-19)17-24(20-13-15-22(26-2)16-14-20)27-25(18)21-11-7-4-8-12-21/h3-17H,1-2H3/q+1. The molecular formula is C25H21O2+. The molecule has 1 heterocycles. The van der Waals surface area contributed by atoms with Crippen LogP contribution < -0.4 is 4.74 Å². The fourth-order valence-corrected chi connectivity index (χ4v) is 3.26. The van der Waals surface area contributed by atoms with E-state index in [4.69, 9.17) is 9.15 Å². The second-order valence-corrected chi connectivity index (χ2v) is 6.44. The lowest BCUT2D eigenvalue weighted by Crippen LogP contribution is -1.91. The summed E-state index contributed by atoms with van der Waals surface area (Å²) in [5.41, 5.74) is 5.57. The first kappa shape index (κ1) is 17.0. The second-order valence-electron chi connectivity index (χ2n) is 6.44. The molecule has 0 radical (unpaired) electrons. The molecule has 27 heavy (non-hydrogen) atoms. The molecule has 0 N–H and O–H groups in total. The van der Waals surface area contributed by atoms with Gasteiger partial charge in [0.05, 0.1) is 29.9 Å². The van der Waals surface area contributed by atoms with Gasteiger partial charge in [0.1, 0.15) is 5.75 Å². The third kappa shape index (κ3) is 3.47. The molecule has 0 amide bonds. The number of benzene rings is 3. The summed E-state index contributed by atoms with van der Waals surface area (Å²) in [5, 5.41) is 0. The molecule has 2 heteroatoms. The minimum absolute atomic E-state index is 0.831. The van der Waals surface area contributed by atoms with Gasteiger partial charge in [-0.3, -0.25) is 0 Å². The number of hydrogen-bond acceptors (Lipinski definition) is 1. The highest BCUT2D eigenvalue weighted by molar-refractivity contribution is 5.78. The van der Waals surface area contributed by atoms with Crippen molar-refractivity contribution < 1.29 is 9.15 Å². The van der Waals surface area contributed by atoms with Gasteiger partial charge in [-0.2, -0.15) is 0 Å². The molecule has 0 saturated carbocycles. The Morgan fingerprint density at radius 1 is 0.667 bits per heavy atom. The molecule has 1 aromatic heterocycles. The summed E-state index contributed by atoms with van der Waals surface area (Å²) in [6, 6.07) is 30.8. The molecule has 0 unspecified atom stereocenters. The highest BCUT2D eigenvalue weighted by atomic mass is 16.5. The van der Waals surface area contributed by atoms with Crippen molar-refractivity contribution in [3.63, 3.8) is 0 Å². The van der Waals surface area contributed by atoms with Crippen LogP contribution in [0.4, 0.5) is 0 Å². The van der Waals surface area contributed by atoms with Gasteiger partial charge in [-0.1, -0.05) is 48.5 Å². The summed E-state index contributed by atoms with van der Waals surface area (Å²) in [4.78, 5) is 0. The van der Waals surface area contributed by atoms with E-state index in [1.54, 1.807) is 7.11 Å². The van der Waals surface area contributed by atoms with Crippen molar-refractivity contribution in [1.29, 1.82) is 0 Å². The summed E-state index contributed by atoms with van der Waals surface area (Å²) in [5.74, 6) is 2.56. The van der Waals surface area contributed by atoms with Crippen LogP contribution in [0.15, 0.2) is 95.4 Å². The van der Waals surface area contributed by atoms with E-state index in [-0.39, 0.29) is 0 Å². The summed E-state index contributed by atoms with van der Waals surface area (Å²) in [6.45, 7) is 2.12. The van der Waals surface area contributed by atoms with E-state index < -0.39 is 0 Å². The van der Waals surface area contributed by atoms with Gasteiger partial charge in [0.2, 0.25) is 0 Å². The molecule has 132 valence electrons. The van der Waals surface area contributed by atoms with Crippen LogP contribution in [0.5, 0.6) is 5.75 Å². The smallest absolute Gasteiger partial charge is 0.364 e. The first-order valence-corrected chi connectivity index (χ1v) is 8.99. The normalized spacial score (nSPS) is 10.6. The SMILES string of the molecule is COc1ccc(-c2cc(-c3ccccc3)c(C)c(-c3ccccc3)[o+]2)cc1. The second kappa shape index (κ2) is 7.46. The van der Waals surface area contributed by atoms with E-state index in [2.05, 4.69) is 49.4 Å². The maximum absolute atomic E-state index is 6.38. The lowest BCUT2D eigenvalue weighted by Gasteiger charge is -2.07. The Morgan fingerprint density at radius 3 is 1.85 bits per heavy atom. The maximum atomic E-state index is 6.38. The van der Waals surface area contributed by atoms with Gasteiger partial charge in [-0.25, -0.2) is 4.42 Å². The van der Waals surface area contributed by atoms with Gasteiger partial charge in [0.25, 0.3) is 0 Å². The summed E-state index contributed by atoms with van der Waals surface area (Å²) in [7, 11) is 1.67. The number of hydrogen-bond donors (Lipinski definition) is 0. The summed E-state index contributed by atoms with van der Waals surface area (Å²) in [6.07, 6.45) is 0. The minimum Gasteiger partial charge on any atom is -0.497 e. The van der Waals surface area contributed by atoms with Gasteiger partial charge < -0.3 is 4.74 Å². The number of rotatable bonds is 4. The Kier molecular flexibility index (Phi) is 4.71. The molecule has 0 aliphatic heterocycles. The van der Waals surface area contributed by atoms with E-state index in [9.17, 15) is 0 Å². The van der Waals surface area contributed by atoms with Gasteiger partial charge in [0, 0.05) is 5.56 Å². The minimum atomic E-state index is 0.831. The summed E-state index contributed by atoms with van der Waals surface area (Å²) >= 11 is 0. The van der Waals surface area contributed by atoms with E-state index in [1.165, 1.54) is 11.1 Å². The quantitative estimate of drug-likeness (QED) is 0.373. The van der Waals surface area contributed by atoms with Crippen LogP contribution in [0.1, 0.15) is 5.56 Å². The zero-order chi connectivity index (χ0) is 18.6. The van der Waals surface area contributed by atoms with Crippen molar-refractivity contribution in [3.05, 3.63) is 96.6 Å². The first-order valence-electron chi connectivity index (χ1n) is 8.99. The molecular weight excluding hydrogens is 332 g/mol. The molecule has 0 aliphatic carbocycles. The van der Waals surface area contributed by atoms with Crippen molar-refractivity contribution in [2.45, 2.75) is 6.92 Å². The molecule has 0 spiro atoms. The largest absolute Gasteiger partial charge is 0.497 e. The molecule has 3 aromatic carbocycles. The predicted octanol–water partition coefficient (Wildman–Crippen LogP) is 6.88. The van der Waals surface area contributed by atoms with Crippen molar-refractivity contribution in [2.75, 3.05) is 7.11 Å².